The van der Waals surface area contributed by atoms with Crippen LogP contribution in [0.15, 0.2) is 48.5 Å². The Hall–Kier alpha value is -3.35. The fourth-order valence-electron chi connectivity index (χ4n) is 2.21. The Labute approximate surface area is 157 Å². The van der Waals surface area contributed by atoms with E-state index in [1.54, 1.807) is 62.6 Å². The van der Waals surface area contributed by atoms with Crippen LogP contribution in [-0.2, 0) is 25.5 Å². The predicted molar refractivity (Wildman–Crippen MR) is 98.7 cm³/mol. The monoisotopic (exact) mass is 371 g/mol. The second-order valence-electron chi connectivity index (χ2n) is 5.53. The van der Waals surface area contributed by atoms with Crippen molar-refractivity contribution in [1.82, 2.24) is 0 Å². The number of anilines is 1. The van der Waals surface area contributed by atoms with Crippen LogP contribution in [0.4, 0.5) is 5.69 Å². The molecule has 7 nitrogen and oxygen atoms in total. The molecule has 0 saturated heterocycles. The molecule has 27 heavy (non-hydrogen) atoms. The Kier molecular flexibility index (Phi) is 7.37. The first kappa shape index (κ1) is 20.0. The van der Waals surface area contributed by atoms with Crippen molar-refractivity contribution in [3.8, 4) is 5.75 Å². The average molecular weight is 371 g/mol. The molecular formula is C20H21NO6. The molecule has 0 unspecified atom stereocenters. The molecule has 0 aromatic heterocycles. The Morgan fingerprint density at radius 1 is 0.926 bits per heavy atom. The molecular weight excluding hydrogens is 350 g/mol. The van der Waals surface area contributed by atoms with Crippen molar-refractivity contribution in [3.05, 3.63) is 59.7 Å². The molecule has 7 heteroatoms. The van der Waals surface area contributed by atoms with Crippen LogP contribution in [0.2, 0.25) is 0 Å². The van der Waals surface area contributed by atoms with E-state index in [2.05, 4.69) is 5.32 Å². The second kappa shape index (κ2) is 9.96. The summed E-state index contributed by atoms with van der Waals surface area (Å²) in [5, 5.41) is 2.59. The normalized spacial score (nSPS) is 10.0. The number of amides is 1. The van der Waals surface area contributed by atoms with Crippen LogP contribution >= 0.6 is 0 Å². The van der Waals surface area contributed by atoms with E-state index in [0.717, 1.165) is 5.56 Å². The second-order valence-corrected chi connectivity index (χ2v) is 5.53. The number of hydrogen-bond acceptors (Lipinski definition) is 6. The molecule has 1 N–H and O–H groups in total. The molecule has 2 aromatic rings. The average Bonchev–Trinajstić information content (AvgIpc) is 2.68. The van der Waals surface area contributed by atoms with Crippen LogP contribution in [0.5, 0.6) is 5.75 Å². The van der Waals surface area contributed by atoms with Crippen LogP contribution in [0.25, 0.3) is 0 Å². The quantitative estimate of drug-likeness (QED) is 0.717. The molecule has 0 spiro atoms. The zero-order chi connectivity index (χ0) is 19.6. The molecule has 2 rings (SSSR count). The number of benzene rings is 2. The fourth-order valence-corrected chi connectivity index (χ4v) is 2.21. The first-order valence-electron chi connectivity index (χ1n) is 8.37. The predicted octanol–water partition coefficient (Wildman–Crippen LogP) is 2.60. The molecule has 1 amide bonds. The first-order valence-corrected chi connectivity index (χ1v) is 8.37. The lowest BCUT2D eigenvalue weighted by molar-refractivity contribution is -0.146. The minimum atomic E-state index is -0.507. The van der Waals surface area contributed by atoms with E-state index in [1.165, 1.54) is 0 Å². The first-order chi connectivity index (χ1) is 13.0. The third-order valence-electron chi connectivity index (χ3n) is 3.55. The van der Waals surface area contributed by atoms with Gasteiger partial charge in [-0.15, -0.1) is 0 Å². The van der Waals surface area contributed by atoms with Crippen molar-refractivity contribution in [2.45, 2.75) is 13.3 Å². The summed E-state index contributed by atoms with van der Waals surface area (Å²) in [4.78, 5) is 35.3. The van der Waals surface area contributed by atoms with E-state index in [1.807, 2.05) is 0 Å². The van der Waals surface area contributed by atoms with E-state index in [4.69, 9.17) is 14.2 Å². The van der Waals surface area contributed by atoms with Gasteiger partial charge in [0.25, 0.3) is 5.91 Å². The standard InChI is InChI=1S/C20H21NO6/c1-3-26-20(24)15-6-8-16(9-7-15)21-18(22)13-27-19(23)12-14-4-10-17(25-2)11-5-14/h4-11H,3,12-13H2,1-2H3,(H,21,22). The maximum Gasteiger partial charge on any atom is 0.338 e. The summed E-state index contributed by atoms with van der Waals surface area (Å²) in [6, 6.07) is 13.2. The van der Waals surface area contributed by atoms with E-state index in [9.17, 15) is 14.4 Å². The molecule has 0 bridgehead atoms. The zero-order valence-electron chi connectivity index (χ0n) is 15.2. The van der Waals surface area contributed by atoms with Crippen LogP contribution in [-0.4, -0.2) is 38.2 Å². The van der Waals surface area contributed by atoms with Crippen molar-refractivity contribution >= 4 is 23.5 Å². The number of carbonyl (C=O) groups is 3. The number of ether oxygens (including phenoxy) is 3. The van der Waals surface area contributed by atoms with Crippen molar-refractivity contribution in [1.29, 1.82) is 0 Å². The molecule has 0 aliphatic rings. The Balaban J connectivity index is 1.77. The highest BCUT2D eigenvalue weighted by atomic mass is 16.5. The summed E-state index contributed by atoms with van der Waals surface area (Å²) < 4.78 is 14.9. The van der Waals surface area contributed by atoms with Gasteiger partial charge < -0.3 is 19.5 Å². The molecule has 0 fully saturated rings. The number of hydrogen-bond donors (Lipinski definition) is 1. The van der Waals surface area contributed by atoms with Gasteiger partial charge in [-0.3, -0.25) is 9.59 Å². The van der Waals surface area contributed by atoms with Crippen molar-refractivity contribution in [2.75, 3.05) is 25.6 Å². The van der Waals surface area contributed by atoms with Gasteiger partial charge in [0.1, 0.15) is 5.75 Å². The summed E-state index contributed by atoms with van der Waals surface area (Å²) in [5.74, 6) is -0.710. The summed E-state index contributed by atoms with van der Waals surface area (Å²) in [6.45, 7) is 1.62. The van der Waals surface area contributed by atoms with Crippen LogP contribution in [0.1, 0.15) is 22.8 Å². The topological polar surface area (TPSA) is 90.9 Å². The molecule has 0 heterocycles. The summed E-state index contributed by atoms with van der Waals surface area (Å²) in [5.41, 5.74) is 1.63. The van der Waals surface area contributed by atoms with Crippen molar-refractivity contribution < 1.29 is 28.6 Å². The van der Waals surface area contributed by atoms with E-state index >= 15 is 0 Å². The zero-order valence-corrected chi connectivity index (χ0v) is 15.2. The van der Waals surface area contributed by atoms with Gasteiger partial charge in [-0.05, 0) is 48.9 Å². The number of rotatable bonds is 8. The highest BCUT2D eigenvalue weighted by Gasteiger charge is 2.10. The van der Waals surface area contributed by atoms with Gasteiger partial charge in [0.15, 0.2) is 6.61 Å². The Morgan fingerprint density at radius 3 is 2.19 bits per heavy atom. The molecule has 0 radical (unpaired) electrons. The number of carbonyl (C=O) groups excluding carboxylic acids is 3. The summed E-state index contributed by atoms with van der Waals surface area (Å²) >= 11 is 0. The van der Waals surface area contributed by atoms with Gasteiger partial charge in [0, 0.05) is 5.69 Å². The maximum absolute atomic E-state index is 11.9. The third-order valence-corrected chi connectivity index (χ3v) is 3.55. The Bertz CT molecular complexity index is 783. The Morgan fingerprint density at radius 2 is 1.59 bits per heavy atom. The third kappa shape index (κ3) is 6.47. The number of nitrogens with one attached hydrogen (secondary N) is 1. The minimum Gasteiger partial charge on any atom is -0.497 e. The highest BCUT2D eigenvalue weighted by Crippen LogP contribution is 2.12. The van der Waals surface area contributed by atoms with Gasteiger partial charge in [0.05, 0.1) is 25.7 Å². The smallest absolute Gasteiger partial charge is 0.338 e. The van der Waals surface area contributed by atoms with Gasteiger partial charge in [0.2, 0.25) is 0 Å². The highest BCUT2D eigenvalue weighted by molar-refractivity contribution is 5.94. The van der Waals surface area contributed by atoms with E-state index < -0.39 is 24.5 Å². The largest absolute Gasteiger partial charge is 0.497 e. The van der Waals surface area contributed by atoms with Crippen LogP contribution in [0.3, 0.4) is 0 Å². The molecule has 142 valence electrons. The van der Waals surface area contributed by atoms with Gasteiger partial charge in [-0.25, -0.2) is 4.79 Å². The van der Waals surface area contributed by atoms with Gasteiger partial charge in [-0.1, -0.05) is 12.1 Å². The van der Waals surface area contributed by atoms with Gasteiger partial charge >= 0.3 is 11.9 Å². The van der Waals surface area contributed by atoms with Crippen LogP contribution in [0, 0.1) is 0 Å². The maximum atomic E-state index is 11.9. The molecule has 2 aromatic carbocycles. The summed E-state index contributed by atoms with van der Waals surface area (Å²) in [7, 11) is 1.56. The molecule has 0 atom stereocenters. The van der Waals surface area contributed by atoms with E-state index in [-0.39, 0.29) is 6.42 Å². The summed E-state index contributed by atoms with van der Waals surface area (Å²) in [6.07, 6.45) is 0.0610. The SMILES string of the molecule is CCOC(=O)c1ccc(NC(=O)COC(=O)Cc2ccc(OC)cc2)cc1. The lowest BCUT2D eigenvalue weighted by Crippen LogP contribution is -2.21. The number of methoxy groups -OCH3 is 1. The lowest BCUT2D eigenvalue weighted by Gasteiger charge is -2.08. The van der Waals surface area contributed by atoms with Crippen LogP contribution < -0.4 is 10.1 Å². The van der Waals surface area contributed by atoms with Crippen molar-refractivity contribution in [2.24, 2.45) is 0 Å². The van der Waals surface area contributed by atoms with Crippen molar-refractivity contribution in [3.63, 3.8) is 0 Å². The fraction of sp³-hybridized carbons (Fsp3) is 0.250. The van der Waals surface area contributed by atoms with Gasteiger partial charge in [-0.2, -0.15) is 0 Å². The minimum absolute atomic E-state index is 0.0610. The molecule has 0 saturated carbocycles. The molecule has 0 aliphatic carbocycles. The number of esters is 2. The lowest BCUT2D eigenvalue weighted by atomic mass is 10.1. The molecule has 0 aliphatic heterocycles. The van der Waals surface area contributed by atoms with E-state index in [0.29, 0.717) is 23.6 Å².